The molecule has 0 saturated carbocycles. The number of halogens is 1. The highest BCUT2D eigenvalue weighted by atomic mass is 35.5. The Morgan fingerprint density at radius 3 is 2.80 bits per heavy atom. The number of hydrogen-bond donors (Lipinski definition) is 1. The van der Waals surface area contributed by atoms with Crippen molar-refractivity contribution in [1.29, 1.82) is 0 Å². The standard InChI is InChI=1S/C19H20ClN3OS/c1-2-10-23-17-9-8-15(20)11-16(17)22-19(23)25-13-18(24)21-12-14-6-4-3-5-7-14/h3-9,11H,2,10,12-13H2,1H3,(H,21,24). The molecule has 0 radical (unpaired) electrons. The van der Waals surface area contributed by atoms with Gasteiger partial charge in [-0.15, -0.1) is 0 Å². The predicted molar refractivity (Wildman–Crippen MR) is 104 cm³/mol. The van der Waals surface area contributed by atoms with Crippen LogP contribution in [0.25, 0.3) is 11.0 Å². The monoisotopic (exact) mass is 373 g/mol. The summed E-state index contributed by atoms with van der Waals surface area (Å²) in [7, 11) is 0. The second kappa shape index (κ2) is 8.41. The third kappa shape index (κ3) is 4.55. The average Bonchev–Trinajstić information content (AvgIpc) is 2.96. The van der Waals surface area contributed by atoms with Gasteiger partial charge in [0.15, 0.2) is 5.16 Å². The zero-order valence-corrected chi connectivity index (χ0v) is 15.6. The van der Waals surface area contributed by atoms with Crippen LogP contribution >= 0.6 is 23.4 Å². The Balaban J connectivity index is 1.65. The number of amides is 1. The number of aromatic nitrogens is 2. The van der Waals surface area contributed by atoms with Gasteiger partial charge in [0.1, 0.15) is 0 Å². The van der Waals surface area contributed by atoms with Crippen LogP contribution in [0.1, 0.15) is 18.9 Å². The number of thioether (sulfide) groups is 1. The summed E-state index contributed by atoms with van der Waals surface area (Å²) in [5, 5.41) is 4.47. The van der Waals surface area contributed by atoms with Crippen molar-refractivity contribution < 1.29 is 4.79 Å². The van der Waals surface area contributed by atoms with Crippen LogP contribution in [0.4, 0.5) is 0 Å². The lowest BCUT2D eigenvalue weighted by Crippen LogP contribution is -2.24. The Bertz CT molecular complexity index is 864. The van der Waals surface area contributed by atoms with Crippen molar-refractivity contribution in [3.8, 4) is 0 Å². The Hall–Kier alpha value is -1.98. The van der Waals surface area contributed by atoms with Crippen LogP contribution in [-0.2, 0) is 17.9 Å². The van der Waals surface area contributed by atoms with Crippen LogP contribution in [0.5, 0.6) is 0 Å². The van der Waals surface area contributed by atoms with Gasteiger partial charge in [-0.05, 0) is 30.2 Å². The van der Waals surface area contributed by atoms with Crippen molar-refractivity contribution in [2.75, 3.05) is 5.75 Å². The fourth-order valence-corrected chi connectivity index (χ4v) is 3.65. The van der Waals surface area contributed by atoms with Gasteiger partial charge in [0.25, 0.3) is 0 Å². The number of nitrogens with zero attached hydrogens (tertiary/aromatic N) is 2. The SMILES string of the molecule is CCCn1c(SCC(=O)NCc2ccccc2)nc2cc(Cl)ccc21. The van der Waals surface area contributed by atoms with Crippen molar-refractivity contribution in [3.05, 3.63) is 59.1 Å². The Morgan fingerprint density at radius 2 is 2.04 bits per heavy atom. The molecule has 0 atom stereocenters. The molecule has 0 aliphatic carbocycles. The van der Waals surface area contributed by atoms with Crippen molar-refractivity contribution in [3.63, 3.8) is 0 Å². The van der Waals surface area contributed by atoms with Gasteiger partial charge in [-0.1, -0.05) is 60.6 Å². The molecule has 3 aromatic rings. The molecule has 0 bridgehead atoms. The van der Waals surface area contributed by atoms with E-state index in [1.54, 1.807) is 0 Å². The van der Waals surface area contributed by atoms with E-state index in [1.165, 1.54) is 11.8 Å². The summed E-state index contributed by atoms with van der Waals surface area (Å²) in [4.78, 5) is 16.8. The minimum atomic E-state index is 0.00184. The smallest absolute Gasteiger partial charge is 0.230 e. The van der Waals surface area contributed by atoms with E-state index in [1.807, 2.05) is 48.5 Å². The molecule has 130 valence electrons. The molecule has 1 aromatic heterocycles. The third-order valence-corrected chi connectivity index (χ3v) is 5.00. The largest absolute Gasteiger partial charge is 0.351 e. The number of hydrogen-bond acceptors (Lipinski definition) is 3. The first-order chi connectivity index (χ1) is 12.2. The van der Waals surface area contributed by atoms with E-state index in [0.717, 1.165) is 34.7 Å². The van der Waals surface area contributed by atoms with Crippen molar-refractivity contribution >= 4 is 40.3 Å². The first-order valence-electron chi connectivity index (χ1n) is 8.26. The second-order valence-corrected chi connectivity index (χ2v) is 7.11. The summed E-state index contributed by atoms with van der Waals surface area (Å²) < 4.78 is 2.15. The van der Waals surface area contributed by atoms with Gasteiger partial charge in [0.2, 0.25) is 5.91 Å². The second-order valence-electron chi connectivity index (χ2n) is 5.73. The maximum Gasteiger partial charge on any atom is 0.230 e. The minimum absolute atomic E-state index is 0.00184. The lowest BCUT2D eigenvalue weighted by Gasteiger charge is -2.08. The van der Waals surface area contributed by atoms with Crippen LogP contribution < -0.4 is 5.32 Å². The third-order valence-electron chi connectivity index (χ3n) is 3.79. The van der Waals surface area contributed by atoms with Crippen molar-refractivity contribution in [1.82, 2.24) is 14.9 Å². The Kier molecular flexibility index (Phi) is 6.00. The molecule has 4 nitrogen and oxygen atoms in total. The van der Waals surface area contributed by atoms with Gasteiger partial charge in [-0.3, -0.25) is 4.79 Å². The molecule has 0 unspecified atom stereocenters. The maximum atomic E-state index is 12.1. The summed E-state index contributed by atoms with van der Waals surface area (Å²) in [6.07, 6.45) is 1.00. The number of aryl methyl sites for hydroxylation is 1. The number of imidazole rings is 1. The average molecular weight is 374 g/mol. The van der Waals surface area contributed by atoms with Gasteiger partial charge >= 0.3 is 0 Å². The topological polar surface area (TPSA) is 46.9 Å². The molecule has 0 spiro atoms. The fourth-order valence-electron chi connectivity index (χ4n) is 2.61. The van der Waals surface area contributed by atoms with Crippen LogP contribution in [-0.4, -0.2) is 21.2 Å². The number of carbonyl (C=O) groups excluding carboxylic acids is 1. The molecule has 0 aliphatic heterocycles. The lowest BCUT2D eigenvalue weighted by molar-refractivity contribution is -0.118. The molecule has 2 aromatic carbocycles. The van der Waals surface area contributed by atoms with Gasteiger partial charge in [0, 0.05) is 18.1 Å². The molecule has 1 heterocycles. The van der Waals surface area contributed by atoms with Crippen molar-refractivity contribution in [2.45, 2.75) is 31.6 Å². The Labute approximate surface area is 156 Å². The van der Waals surface area contributed by atoms with E-state index in [2.05, 4.69) is 21.8 Å². The maximum absolute atomic E-state index is 12.1. The van der Waals surface area contributed by atoms with Gasteiger partial charge in [0.05, 0.1) is 16.8 Å². The summed E-state index contributed by atoms with van der Waals surface area (Å²) >= 11 is 7.52. The molecular formula is C19H20ClN3OS. The zero-order valence-electron chi connectivity index (χ0n) is 14.0. The van der Waals surface area contributed by atoms with Gasteiger partial charge in [-0.25, -0.2) is 4.98 Å². The molecule has 0 saturated heterocycles. The van der Waals surface area contributed by atoms with Crippen LogP contribution in [0.2, 0.25) is 5.02 Å². The Morgan fingerprint density at radius 1 is 1.24 bits per heavy atom. The highest BCUT2D eigenvalue weighted by Gasteiger charge is 2.13. The highest BCUT2D eigenvalue weighted by molar-refractivity contribution is 7.99. The number of benzene rings is 2. The normalized spacial score (nSPS) is 11.0. The molecule has 6 heteroatoms. The summed E-state index contributed by atoms with van der Waals surface area (Å²) in [6.45, 7) is 3.54. The number of rotatable bonds is 7. The molecule has 0 fully saturated rings. The van der Waals surface area contributed by atoms with E-state index in [0.29, 0.717) is 17.3 Å². The van der Waals surface area contributed by atoms with Gasteiger partial charge in [-0.2, -0.15) is 0 Å². The van der Waals surface area contributed by atoms with E-state index < -0.39 is 0 Å². The van der Waals surface area contributed by atoms with E-state index >= 15 is 0 Å². The lowest BCUT2D eigenvalue weighted by atomic mass is 10.2. The highest BCUT2D eigenvalue weighted by Crippen LogP contribution is 2.26. The van der Waals surface area contributed by atoms with Crippen LogP contribution in [0, 0.1) is 0 Å². The first kappa shape index (κ1) is 17.8. The first-order valence-corrected chi connectivity index (χ1v) is 9.63. The van der Waals surface area contributed by atoms with E-state index in [9.17, 15) is 4.79 Å². The fraction of sp³-hybridized carbons (Fsp3) is 0.263. The molecule has 0 aliphatic rings. The molecule has 1 N–H and O–H groups in total. The van der Waals surface area contributed by atoms with E-state index in [-0.39, 0.29) is 5.91 Å². The molecule has 25 heavy (non-hydrogen) atoms. The van der Waals surface area contributed by atoms with Crippen molar-refractivity contribution in [2.24, 2.45) is 0 Å². The predicted octanol–water partition coefficient (Wildman–Crippen LogP) is 4.51. The number of carbonyl (C=O) groups is 1. The summed E-state index contributed by atoms with van der Waals surface area (Å²) in [5.74, 6) is 0.343. The molecular weight excluding hydrogens is 354 g/mol. The van der Waals surface area contributed by atoms with Gasteiger partial charge < -0.3 is 9.88 Å². The van der Waals surface area contributed by atoms with Crippen LogP contribution in [0.15, 0.2) is 53.7 Å². The zero-order chi connectivity index (χ0) is 17.6. The molecule has 1 amide bonds. The quantitative estimate of drug-likeness (QED) is 0.620. The minimum Gasteiger partial charge on any atom is -0.351 e. The summed E-state index contributed by atoms with van der Waals surface area (Å²) in [5.41, 5.74) is 3.01. The number of fused-ring (bicyclic) bond motifs is 1. The summed E-state index contributed by atoms with van der Waals surface area (Å²) in [6, 6.07) is 15.6. The van der Waals surface area contributed by atoms with Crippen LogP contribution in [0.3, 0.4) is 0 Å². The molecule has 3 rings (SSSR count). The van der Waals surface area contributed by atoms with E-state index in [4.69, 9.17) is 11.6 Å². The number of nitrogens with one attached hydrogen (secondary N) is 1.